The molecule has 1 atom stereocenters. The Labute approximate surface area is 106 Å². The normalized spacial score (nSPS) is 12.8. The quantitative estimate of drug-likeness (QED) is 0.891. The number of aryl methyl sites for hydroxylation is 1. The van der Waals surface area contributed by atoms with E-state index in [9.17, 15) is 4.39 Å². The van der Waals surface area contributed by atoms with Gasteiger partial charge < -0.3 is 5.73 Å². The van der Waals surface area contributed by atoms with Crippen LogP contribution in [0.1, 0.15) is 22.0 Å². The average molecular weight is 300 g/mol. The van der Waals surface area contributed by atoms with E-state index < -0.39 is 0 Å². The SMILES string of the molecule is Cc1sccc1C(N)c1cc(F)cc(Br)c1. The van der Waals surface area contributed by atoms with Crippen LogP contribution in [-0.2, 0) is 0 Å². The molecule has 84 valence electrons. The summed E-state index contributed by atoms with van der Waals surface area (Å²) >= 11 is 4.92. The average Bonchev–Trinajstić information content (AvgIpc) is 2.62. The van der Waals surface area contributed by atoms with Crippen LogP contribution in [0.15, 0.2) is 34.1 Å². The molecule has 1 nitrogen and oxygen atoms in total. The van der Waals surface area contributed by atoms with Crippen LogP contribution >= 0.6 is 27.3 Å². The molecule has 0 saturated heterocycles. The van der Waals surface area contributed by atoms with Crippen molar-refractivity contribution in [1.29, 1.82) is 0 Å². The van der Waals surface area contributed by atoms with E-state index in [4.69, 9.17) is 5.73 Å². The highest BCUT2D eigenvalue weighted by Gasteiger charge is 2.13. The summed E-state index contributed by atoms with van der Waals surface area (Å²) in [7, 11) is 0. The maximum atomic E-state index is 13.2. The summed E-state index contributed by atoms with van der Waals surface area (Å²) in [5, 5.41) is 2.00. The highest BCUT2D eigenvalue weighted by Crippen LogP contribution is 2.28. The maximum Gasteiger partial charge on any atom is 0.124 e. The standard InChI is InChI=1S/C12H11BrFNS/c1-7-11(2-3-16-7)12(15)8-4-9(13)6-10(14)5-8/h2-6,12H,15H2,1H3. The van der Waals surface area contributed by atoms with Gasteiger partial charge in [-0.15, -0.1) is 11.3 Å². The Morgan fingerprint density at radius 1 is 1.38 bits per heavy atom. The number of hydrogen-bond donors (Lipinski definition) is 1. The van der Waals surface area contributed by atoms with Crippen molar-refractivity contribution in [1.82, 2.24) is 0 Å². The summed E-state index contributed by atoms with van der Waals surface area (Å²) in [5.74, 6) is -0.271. The van der Waals surface area contributed by atoms with Gasteiger partial charge in [0.2, 0.25) is 0 Å². The van der Waals surface area contributed by atoms with Gasteiger partial charge in [0.15, 0.2) is 0 Å². The number of halogens is 2. The highest BCUT2D eigenvalue weighted by molar-refractivity contribution is 9.10. The van der Waals surface area contributed by atoms with Gasteiger partial charge in [0.25, 0.3) is 0 Å². The molecule has 16 heavy (non-hydrogen) atoms. The maximum absolute atomic E-state index is 13.2. The van der Waals surface area contributed by atoms with Crippen LogP contribution in [0.25, 0.3) is 0 Å². The van der Waals surface area contributed by atoms with E-state index in [0.717, 1.165) is 11.1 Å². The Kier molecular flexibility index (Phi) is 3.42. The molecule has 2 rings (SSSR count). The van der Waals surface area contributed by atoms with E-state index in [0.29, 0.717) is 4.47 Å². The summed E-state index contributed by atoms with van der Waals surface area (Å²) in [6, 6.07) is 6.48. The van der Waals surface area contributed by atoms with Gasteiger partial charge in [-0.05, 0) is 47.7 Å². The predicted molar refractivity (Wildman–Crippen MR) is 69.2 cm³/mol. The van der Waals surface area contributed by atoms with Crippen LogP contribution in [0.2, 0.25) is 0 Å². The van der Waals surface area contributed by atoms with E-state index in [-0.39, 0.29) is 11.9 Å². The molecule has 0 aliphatic rings. The van der Waals surface area contributed by atoms with Crippen molar-refractivity contribution < 1.29 is 4.39 Å². The van der Waals surface area contributed by atoms with Gasteiger partial charge in [-0.2, -0.15) is 0 Å². The minimum Gasteiger partial charge on any atom is -0.320 e. The molecule has 1 aromatic carbocycles. The van der Waals surface area contributed by atoms with Gasteiger partial charge in [0.1, 0.15) is 5.82 Å². The fraction of sp³-hybridized carbons (Fsp3) is 0.167. The second kappa shape index (κ2) is 4.65. The Morgan fingerprint density at radius 2 is 2.12 bits per heavy atom. The first-order chi connectivity index (χ1) is 7.58. The first kappa shape index (κ1) is 11.8. The summed E-state index contributed by atoms with van der Waals surface area (Å²) in [4.78, 5) is 1.17. The van der Waals surface area contributed by atoms with Gasteiger partial charge in [-0.25, -0.2) is 4.39 Å². The molecule has 0 spiro atoms. The molecule has 0 saturated carbocycles. The highest BCUT2D eigenvalue weighted by atomic mass is 79.9. The zero-order valence-corrected chi connectivity index (χ0v) is 11.1. The van der Waals surface area contributed by atoms with Gasteiger partial charge in [0.05, 0.1) is 6.04 Å². The van der Waals surface area contributed by atoms with Gasteiger partial charge >= 0.3 is 0 Å². The topological polar surface area (TPSA) is 26.0 Å². The van der Waals surface area contributed by atoms with Crippen molar-refractivity contribution in [2.24, 2.45) is 5.73 Å². The van der Waals surface area contributed by atoms with Gasteiger partial charge in [-0.3, -0.25) is 0 Å². The summed E-state index contributed by atoms with van der Waals surface area (Å²) < 4.78 is 14.0. The predicted octanol–water partition coefficient (Wildman–Crippen LogP) is 4.01. The number of thiophene rings is 1. The van der Waals surface area contributed by atoms with Crippen LogP contribution in [0.3, 0.4) is 0 Å². The van der Waals surface area contributed by atoms with Crippen molar-refractivity contribution in [3.63, 3.8) is 0 Å². The van der Waals surface area contributed by atoms with E-state index >= 15 is 0 Å². The molecule has 1 heterocycles. The molecule has 1 unspecified atom stereocenters. The lowest BCUT2D eigenvalue weighted by molar-refractivity contribution is 0.622. The third-order valence-corrected chi connectivity index (χ3v) is 3.80. The van der Waals surface area contributed by atoms with Gasteiger partial charge in [0, 0.05) is 9.35 Å². The van der Waals surface area contributed by atoms with E-state index in [1.807, 2.05) is 24.4 Å². The molecular formula is C12H11BrFNS. The Balaban J connectivity index is 2.41. The number of hydrogen-bond acceptors (Lipinski definition) is 2. The Bertz CT molecular complexity index is 489. The first-order valence-corrected chi connectivity index (χ1v) is 6.51. The van der Waals surface area contributed by atoms with Crippen LogP contribution in [-0.4, -0.2) is 0 Å². The van der Waals surface area contributed by atoms with Gasteiger partial charge in [-0.1, -0.05) is 15.9 Å². The largest absolute Gasteiger partial charge is 0.320 e. The van der Waals surface area contributed by atoms with Crippen LogP contribution in [0.5, 0.6) is 0 Å². The van der Waals surface area contributed by atoms with Crippen molar-refractivity contribution >= 4 is 27.3 Å². The lowest BCUT2D eigenvalue weighted by Gasteiger charge is -2.12. The molecule has 2 aromatic rings. The van der Waals surface area contributed by atoms with Crippen LogP contribution in [0, 0.1) is 12.7 Å². The smallest absolute Gasteiger partial charge is 0.124 e. The molecule has 0 aliphatic heterocycles. The van der Waals surface area contributed by atoms with E-state index in [1.165, 1.54) is 17.0 Å². The Hall–Kier alpha value is -0.710. The van der Waals surface area contributed by atoms with E-state index in [1.54, 1.807) is 11.3 Å². The van der Waals surface area contributed by atoms with Crippen LogP contribution < -0.4 is 5.73 Å². The zero-order chi connectivity index (χ0) is 11.7. The molecule has 1 aromatic heterocycles. The lowest BCUT2D eigenvalue weighted by Crippen LogP contribution is -2.12. The fourth-order valence-electron chi connectivity index (χ4n) is 1.65. The first-order valence-electron chi connectivity index (χ1n) is 4.83. The minimum absolute atomic E-state index is 0.266. The third kappa shape index (κ3) is 2.34. The molecule has 0 amide bonds. The summed E-state index contributed by atoms with van der Waals surface area (Å²) in [5.41, 5.74) is 7.96. The van der Waals surface area contributed by atoms with Crippen molar-refractivity contribution in [3.8, 4) is 0 Å². The lowest BCUT2D eigenvalue weighted by atomic mass is 10.0. The summed E-state index contributed by atoms with van der Waals surface area (Å²) in [6.07, 6.45) is 0. The summed E-state index contributed by atoms with van der Waals surface area (Å²) in [6.45, 7) is 2.02. The third-order valence-electron chi connectivity index (χ3n) is 2.48. The molecule has 2 N–H and O–H groups in total. The molecule has 4 heteroatoms. The molecular weight excluding hydrogens is 289 g/mol. The fourth-order valence-corrected chi connectivity index (χ4v) is 2.88. The second-order valence-corrected chi connectivity index (χ2v) is 5.65. The van der Waals surface area contributed by atoms with Crippen molar-refractivity contribution in [3.05, 3.63) is 55.9 Å². The molecule has 0 aliphatic carbocycles. The number of rotatable bonds is 2. The van der Waals surface area contributed by atoms with E-state index in [2.05, 4.69) is 15.9 Å². The van der Waals surface area contributed by atoms with Crippen molar-refractivity contribution in [2.45, 2.75) is 13.0 Å². The second-order valence-electron chi connectivity index (χ2n) is 3.61. The number of benzene rings is 1. The Morgan fingerprint density at radius 3 is 2.69 bits per heavy atom. The number of nitrogens with two attached hydrogens (primary N) is 1. The minimum atomic E-state index is -0.271. The monoisotopic (exact) mass is 299 g/mol. The molecule has 0 fully saturated rings. The molecule has 0 radical (unpaired) electrons. The zero-order valence-electron chi connectivity index (χ0n) is 8.71. The van der Waals surface area contributed by atoms with Crippen molar-refractivity contribution in [2.75, 3.05) is 0 Å². The molecule has 0 bridgehead atoms. The van der Waals surface area contributed by atoms with Crippen LogP contribution in [0.4, 0.5) is 4.39 Å².